The summed E-state index contributed by atoms with van der Waals surface area (Å²) >= 11 is 6.42. The molecule has 0 aliphatic carbocycles. The third-order valence-electron chi connectivity index (χ3n) is 3.47. The minimum absolute atomic E-state index is 0.333. The predicted octanol–water partition coefficient (Wildman–Crippen LogP) is 4.43. The molecule has 0 bridgehead atoms. The first-order valence-corrected chi connectivity index (χ1v) is 7.52. The predicted molar refractivity (Wildman–Crippen MR) is 91.0 cm³/mol. The Morgan fingerprint density at radius 2 is 2.00 bits per heavy atom. The standard InChI is InChI=1S/C18H12ClFN4/c1-12-16(10-13(11-21)17-4-2-3-9-22-17)18(19)24(23-12)15-7-5-14(20)6-8-15/h2-10H,1H3/b13-10+. The van der Waals surface area contributed by atoms with Crippen LogP contribution in [0.3, 0.4) is 0 Å². The lowest BCUT2D eigenvalue weighted by molar-refractivity contribution is 0.627. The summed E-state index contributed by atoms with van der Waals surface area (Å²) < 4.78 is 14.6. The van der Waals surface area contributed by atoms with E-state index in [-0.39, 0.29) is 5.82 Å². The number of aryl methyl sites for hydroxylation is 1. The van der Waals surface area contributed by atoms with Gasteiger partial charge in [0.1, 0.15) is 17.0 Å². The van der Waals surface area contributed by atoms with Crippen LogP contribution >= 0.6 is 11.6 Å². The Bertz CT molecular complexity index is 938. The largest absolute Gasteiger partial charge is 0.256 e. The van der Waals surface area contributed by atoms with Crippen LogP contribution in [-0.2, 0) is 0 Å². The van der Waals surface area contributed by atoms with Crippen LogP contribution in [0.15, 0.2) is 48.7 Å². The number of nitriles is 1. The van der Waals surface area contributed by atoms with Crippen LogP contribution < -0.4 is 0 Å². The molecule has 0 unspecified atom stereocenters. The van der Waals surface area contributed by atoms with Crippen molar-refractivity contribution in [3.8, 4) is 11.8 Å². The van der Waals surface area contributed by atoms with Gasteiger partial charge < -0.3 is 0 Å². The monoisotopic (exact) mass is 338 g/mol. The van der Waals surface area contributed by atoms with Gasteiger partial charge in [-0.15, -0.1) is 0 Å². The average Bonchev–Trinajstić information content (AvgIpc) is 2.88. The van der Waals surface area contributed by atoms with Crippen LogP contribution in [0, 0.1) is 24.1 Å². The second kappa shape index (κ2) is 6.65. The van der Waals surface area contributed by atoms with Gasteiger partial charge in [0.2, 0.25) is 0 Å². The van der Waals surface area contributed by atoms with Crippen molar-refractivity contribution in [1.82, 2.24) is 14.8 Å². The number of hydrogen-bond donors (Lipinski definition) is 0. The molecule has 24 heavy (non-hydrogen) atoms. The summed E-state index contributed by atoms with van der Waals surface area (Å²) in [6.45, 7) is 1.80. The first-order valence-electron chi connectivity index (χ1n) is 7.14. The molecule has 0 aliphatic rings. The summed E-state index contributed by atoms with van der Waals surface area (Å²) in [4.78, 5) is 4.18. The van der Waals surface area contributed by atoms with Gasteiger partial charge in [-0.25, -0.2) is 9.07 Å². The number of aromatic nitrogens is 3. The molecule has 0 amide bonds. The van der Waals surface area contributed by atoms with E-state index >= 15 is 0 Å². The second-order valence-corrected chi connectivity index (χ2v) is 5.42. The zero-order chi connectivity index (χ0) is 17.1. The molecule has 3 rings (SSSR count). The SMILES string of the molecule is Cc1nn(-c2ccc(F)cc2)c(Cl)c1/C=C(\C#N)c1ccccn1. The van der Waals surface area contributed by atoms with Gasteiger partial charge in [0, 0.05) is 11.8 Å². The van der Waals surface area contributed by atoms with E-state index in [1.165, 1.54) is 16.8 Å². The first-order chi connectivity index (χ1) is 11.6. The number of pyridine rings is 1. The summed E-state index contributed by atoms with van der Waals surface area (Å²) in [7, 11) is 0. The van der Waals surface area contributed by atoms with E-state index in [1.54, 1.807) is 43.5 Å². The molecule has 0 atom stereocenters. The van der Waals surface area contributed by atoms with E-state index in [0.717, 1.165) is 0 Å². The zero-order valence-corrected chi connectivity index (χ0v) is 13.5. The Balaban J connectivity index is 2.08. The number of nitrogens with zero attached hydrogens (tertiary/aromatic N) is 4. The van der Waals surface area contributed by atoms with Crippen molar-refractivity contribution in [3.63, 3.8) is 0 Å². The molecule has 2 aromatic heterocycles. The molecule has 4 nitrogen and oxygen atoms in total. The maximum atomic E-state index is 13.1. The summed E-state index contributed by atoms with van der Waals surface area (Å²) in [6.07, 6.45) is 3.28. The van der Waals surface area contributed by atoms with Crippen LogP contribution in [-0.4, -0.2) is 14.8 Å². The highest BCUT2D eigenvalue weighted by atomic mass is 35.5. The molecule has 0 N–H and O–H groups in total. The highest BCUT2D eigenvalue weighted by molar-refractivity contribution is 6.31. The van der Waals surface area contributed by atoms with E-state index < -0.39 is 0 Å². The molecule has 0 fully saturated rings. The molecule has 0 saturated heterocycles. The van der Waals surface area contributed by atoms with Crippen molar-refractivity contribution in [2.45, 2.75) is 6.92 Å². The molecule has 118 valence electrons. The van der Waals surface area contributed by atoms with Gasteiger partial charge in [0.15, 0.2) is 0 Å². The molecule has 1 aromatic carbocycles. The molecule has 2 heterocycles. The van der Waals surface area contributed by atoms with Crippen molar-refractivity contribution in [2.24, 2.45) is 0 Å². The average molecular weight is 339 g/mol. The van der Waals surface area contributed by atoms with Crippen LogP contribution in [0.25, 0.3) is 17.3 Å². The molecule has 0 spiro atoms. The molecule has 0 radical (unpaired) electrons. The van der Waals surface area contributed by atoms with Gasteiger partial charge >= 0.3 is 0 Å². The van der Waals surface area contributed by atoms with Crippen molar-refractivity contribution in [2.75, 3.05) is 0 Å². The van der Waals surface area contributed by atoms with Crippen LogP contribution in [0.4, 0.5) is 4.39 Å². The minimum Gasteiger partial charge on any atom is -0.256 e. The highest BCUT2D eigenvalue weighted by Gasteiger charge is 2.14. The normalized spacial score (nSPS) is 11.3. The van der Waals surface area contributed by atoms with E-state index in [2.05, 4.69) is 16.2 Å². The number of allylic oxidation sites excluding steroid dienone is 1. The molecule has 6 heteroatoms. The fourth-order valence-corrected chi connectivity index (χ4v) is 2.59. The maximum absolute atomic E-state index is 13.1. The minimum atomic E-state index is -0.333. The second-order valence-electron chi connectivity index (χ2n) is 5.06. The molecule has 0 aliphatic heterocycles. The van der Waals surface area contributed by atoms with Crippen LogP contribution in [0.1, 0.15) is 17.0 Å². The van der Waals surface area contributed by atoms with E-state index in [9.17, 15) is 9.65 Å². The Labute approximate surface area is 143 Å². The Hall–Kier alpha value is -2.97. The van der Waals surface area contributed by atoms with E-state index in [1.807, 2.05) is 6.07 Å². The number of benzene rings is 1. The Morgan fingerprint density at radius 1 is 1.25 bits per heavy atom. The van der Waals surface area contributed by atoms with Gasteiger partial charge in [-0.3, -0.25) is 4.98 Å². The van der Waals surface area contributed by atoms with Crippen molar-refractivity contribution in [3.05, 3.63) is 76.6 Å². The lowest BCUT2D eigenvalue weighted by atomic mass is 10.1. The van der Waals surface area contributed by atoms with Crippen LogP contribution in [0.5, 0.6) is 0 Å². The Morgan fingerprint density at radius 3 is 2.62 bits per heavy atom. The summed E-state index contributed by atoms with van der Waals surface area (Å²) in [5, 5.41) is 14.1. The zero-order valence-electron chi connectivity index (χ0n) is 12.7. The summed E-state index contributed by atoms with van der Waals surface area (Å²) in [5.74, 6) is -0.333. The quantitative estimate of drug-likeness (QED) is 0.664. The topological polar surface area (TPSA) is 54.5 Å². The lowest BCUT2D eigenvalue weighted by Crippen LogP contribution is -1.96. The van der Waals surface area contributed by atoms with Gasteiger partial charge in [0.25, 0.3) is 0 Å². The van der Waals surface area contributed by atoms with E-state index in [0.29, 0.717) is 33.4 Å². The number of rotatable bonds is 3. The van der Waals surface area contributed by atoms with Gasteiger partial charge in [-0.05, 0) is 49.4 Å². The number of halogens is 2. The number of hydrogen-bond acceptors (Lipinski definition) is 3. The third kappa shape index (κ3) is 3.05. The van der Waals surface area contributed by atoms with Crippen molar-refractivity contribution >= 4 is 23.3 Å². The van der Waals surface area contributed by atoms with Crippen LogP contribution in [0.2, 0.25) is 5.15 Å². The van der Waals surface area contributed by atoms with E-state index in [4.69, 9.17) is 11.6 Å². The third-order valence-corrected chi connectivity index (χ3v) is 3.83. The first kappa shape index (κ1) is 15.9. The molecular formula is C18H12ClFN4. The smallest absolute Gasteiger partial charge is 0.140 e. The van der Waals surface area contributed by atoms with Crippen molar-refractivity contribution in [1.29, 1.82) is 5.26 Å². The maximum Gasteiger partial charge on any atom is 0.140 e. The fraction of sp³-hybridized carbons (Fsp3) is 0.0556. The summed E-state index contributed by atoms with van der Waals surface area (Å²) in [6, 6.07) is 13.3. The fourth-order valence-electron chi connectivity index (χ4n) is 2.26. The lowest BCUT2D eigenvalue weighted by Gasteiger charge is -2.03. The van der Waals surface area contributed by atoms with Gasteiger partial charge in [-0.2, -0.15) is 10.4 Å². The summed E-state index contributed by atoms with van der Waals surface area (Å²) in [5.41, 5.74) is 2.88. The van der Waals surface area contributed by atoms with Crippen molar-refractivity contribution < 1.29 is 4.39 Å². The van der Waals surface area contributed by atoms with Gasteiger partial charge in [0.05, 0.1) is 22.6 Å². The highest BCUT2D eigenvalue weighted by Crippen LogP contribution is 2.27. The van der Waals surface area contributed by atoms with Gasteiger partial charge in [-0.1, -0.05) is 17.7 Å². The molecule has 3 aromatic rings. The molecule has 0 saturated carbocycles. The molecular weight excluding hydrogens is 327 g/mol. The Kier molecular flexibility index (Phi) is 4.41.